The van der Waals surface area contributed by atoms with Gasteiger partial charge in [0.25, 0.3) is 5.91 Å². The van der Waals surface area contributed by atoms with Gasteiger partial charge in [-0.3, -0.25) is 9.59 Å². The van der Waals surface area contributed by atoms with Crippen LogP contribution in [0.5, 0.6) is 0 Å². The van der Waals surface area contributed by atoms with Crippen LogP contribution in [0.2, 0.25) is 0 Å². The second kappa shape index (κ2) is 9.59. The molecule has 1 aliphatic carbocycles. The zero-order valence-corrected chi connectivity index (χ0v) is 21.6. The second-order valence-electron chi connectivity index (χ2n) is 12.1. The van der Waals surface area contributed by atoms with Crippen molar-refractivity contribution < 1.29 is 19.5 Å². The number of aliphatic carboxylic acids is 1. The summed E-state index contributed by atoms with van der Waals surface area (Å²) in [5, 5.41) is 11.4. The van der Waals surface area contributed by atoms with Crippen LogP contribution in [0, 0.1) is 11.3 Å². The van der Waals surface area contributed by atoms with Crippen molar-refractivity contribution in [2.45, 2.75) is 91.3 Å². The van der Waals surface area contributed by atoms with E-state index in [9.17, 15) is 14.4 Å². The van der Waals surface area contributed by atoms with Gasteiger partial charge in [-0.15, -0.1) is 0 Å². The SMILES string of the molecule is CC(C)(C)C1CCC2(CC1)CN(C(C)(C)C)C(=O)N2Cc1ccc(C(=O)NCCC(=O)O)cc1. The van der Waals surface area contributed by atoms with E-state index in [4.69, 9.17) is 5.11 Å². The maximum atomic E-state index is 13.6. The highest BCUT2D eigenvalue weighted by molar-refractivity contribution is 5.94. The maximum Gasteiger partial charge on any atom is 0.321 e. The molecule has 0 unspecified atom stereocenters. The molecule has 188 valence electrons. The zero-order chi connectivity index (χ0) is 25.3. The molecule has 1 aromatic carbocycles. The number of hydrogen-bond donors (Lipinski definition) is 2. The minimum absolute atomic E-state index is 0.0946. The molecule has 2 aliphatic rings. The number of carboxylic acids is 1. The van der Waals surface area contributed by atoms with Crippen molar-refractivity contribution in [2.75, 3.05) is 13.1 Å². The van der Waals surface area contributed by atoms with Crippen LogP contribution >= 0.6 is 0 Å². The van der Waals surface area contributed by atoms with E-state index in [0.29, 0.717) is 18.0 Å². The Hall–Kier alpha value is -2.57. The molecule has 1 aromatic rings. The molecule has 3 rings (SSSR count). The van der Waals surface area contributed by atoms with Gasteiger partial charge < -0.3 is 20.2 Å². The minimum Gasteiger partial charge on any atom is -0.481 e. The summed E-state index contributed by atoms with van der Waals surface area (Å²) >= 11 is 0. The number of hydrogen-bond acceptors (Lipinski definition) is 3. The number of rotatable bonds is 6. The second-order valence-corrected chi connectivity index (χ2v) is 12.1. The lowest BCUT2D eigenvalue weighted by atomic mass is 9.67. The molecule has 3 amide bonds. The summed E-state index contributed by atoms with van der Waals surface area (Å²) < 4.78 is 0. The number of nitrogens with one attached hydrogen (secondary N) is 1. The Morgan fingerprint density at radius 3 is 2.15 bits per heavy atom. The van der Waals surface area contributed by atoms with Crippen LogP contribution in [-0.4, -0.2) is 57.0 Å². The van der Waals surface area contributed by atoms with Crippen LogP contribution in [0.15, 0.2) is 24.3 Å². The molecule has 0 atom stereocenters. The summed E-state index contributed by atoms with van der Waals surface area (Å²) in [6.45, 7) is 14.6. The first-order valence-corrected chi connectivity index (χ1v) is 12.4. The molecule has 1 saturated heterocycles. The summed E-state index contributed by atoms with van der Waals surface area (Å²) in [7, 11) is 0. The molecule has 0 radical (unpaired) electrons. The van der Waals surface area contributed by atoms with Gasteiger partial charge in [-0.25, -0.2) is 4.79 Å². The molecule has 1 heterocycles. The lowest BCUT2D eigenvalue weighted by molar-refractivity contribution is -0.136. The molecular weight excluding hydrogens is 430 g/mol. The van der Waals surface area contributed by atoms with Crippen LogP contribution in [0.25, 0.3) is 0 Å². The standard InChI is InChI=1S/C27H41N3O4/c1-25(2,3)21-11-14-27(15-12-21)18-30(26(4,5)6)24(34)29(27)17-19-7-9-20(10-8-19)23(33)28-16-13-22(31)32/h7-10,21H,11-18H2,1-6H3,(H,28,33)(H,31,32). The summed E-state index contributed by atoms with van der Waals surface area (Å²) in [4.78, 5) is 40.6. The van der Waals surface area contributed by atoms with Crippen LogP contribution in [0.3, 0.4) is 0 Å². The van der Waals surface area contributed by atoms with E-state index in [1.165, 1.54) is 0 Å². The highest BCUT2D eigenvalue weighted by atomic mass is 16.4. The third-order valence-corrected chi connectivity index (χ3v) is 7.62. The van der Waals surface area contributed by atoms with Crippen LogP contribution in [0.4, 0.5) is 4.79 Å². The number of benzene rings is 1. The highest BCUT2D eigenvalue weighted by Gasteiger charge is 2.53. The summed E-state index contributed by atoms with van der Waals surface area (Å²) in [6, 6.07) is 7.38. The van der Waals surface area contributed by atoms with Crippen LogP contribution in [-0.2, 0) is 11.3 Å². The fraction of sp³-hybridized carbons (Fsp3) is 0.667. The molecular formula is C27H41N3O4. The van der Waals surface area contributed by atoms with Crippen molar-refractivity contribution in [1.82, 2.24) is 15.1 Å². The van der Waals surface area contributed by atoms with Crippen molar-refractivity contribution in [2.24, 2.45) is 11.3 Å². The Kier molecular flexibility index (Phi) is 7.34. The van der Waals surface area contributed by atoms with Gasteiger partial charge in [-0.05, 0) is 75.5 Å². The third-order valence-electron chi connectivity index (χ3n) is 7.62. The van der Waals surface area contributed by atoms with Crippen molar-refractivity contribution in [3.63, 3.8) is 0 Å². The van der Waals surface area contributed by atoms with Crippen molar-refractivity contribution in [3.8, 4) is 0 Å². The smallest absolute Gasteiger partial charge is 0.321 e. The Morgan fingerprint density at radius 1 is 1.06 bits per heavy atom. The lowest BCUT2D eigenvalue weighted by Gasteiger charge is -2.46. The molecule has 2 fully saturated rings. The Morgan fingerprint density at radius 2 is 1.65 bits per heavy atom. The molecule has 1 saturated carbocycles. The van der Waals surface area contributed by atoms with Crippen molar-refractivity contribution >= 4 is 17.9 Å². The van der Waals surface area contributed by atoms with Gasteiger partial charge in [0.15, 0.2) is 0 Å². The van der Waals surface area contributed by atoms with Crippen molar-refractivity contribution in [1.29, 1.82) is 0 Å². The van der Waals surface area contributed by atoms with E-state index in [0.717, 1.165) is 37.8 Å². The quantitative estimate of drug-likeness (QED) is 0.617. The van der Waals surface area contributed by atoms with E-state index in [2.05, 4.69) is 51.8 Å². The molecule has 7 nitrogen and oxygen atoms in total. The topological polar surface area (TPSA) is 90.0 Å². The number of carbonyl (C=O) groups excluding carboxylic acids is 2. The Labute approximate surface area is 203 Å². The molecule has 0 bridgehead atoms. The van der Waals surface area contributed by atoms with E-state index < -0.39 is 5.97 Å². The van der Waals surface area contributed by atoms with E-state index in [-0.39, 0.29) is 41.4 Å². The fourth-order valence-corrected chi connectivity index (χ4v) is 5.33. The minimum atomic E-state index is -0.944. The molecule has 0 aromatic heterocycles. The molecule has 34 heavy (non-hydrogen) atoms. The fourth-order valence-electron chi connectivity index (χ4n) is 5.33. The summed E-state index contributed by atoms with van der Waals surface area (Å²) in [5.74, 6) is -0.570. The van der Waals surface area contributed by atoms with E-state index >= 15 is 0 Å². The first kappa shape index (κ1) is 26.0. The molecule has 1 aliphatic heterocycles. The lowest BCUT2D eigenvalue weighted by Crippen LogP contribution is -2.50. The van der Waals surface area contributed by atoms with Crippen LogP contribution < -0.4 is 5.32 Å². The summed E-state index contributed by atoms with van der Waals surface area (Å²) in [6.07, 6.45) is 4.17. The zero-order valence-electron chi connectivity index (χ0n) is 21.6. The first-order chi connectivity index (χ1) is 15.7. The molecule has 1 spiro atoms. The van der Waals surface area contributed by atoms with Gasteiger partial charge in [-0.1, -0.05) is 32.9 Å². The van der Waals surface area contributed by atoms with Crippen molar-refractivity contribution in [3.05, 3.63) is 35.4 Å². The molecule has 7 heteroatoms. The monoisotopic (exact) mass is 471 g/mol. The van der Waals surface area contributed by atoms with Gasteiger partial charge in [0.1, 0.15) is 0 Å². The highest BCUT2D eigenvalue weighted by Crippen LogP contribution is 2.47. The number of amides is 3. The normalized spacial score (nSPS) is 23.5. The van der Waals surface area contributed by atoms with E-state index in [1.54, 1.807) is 12.1 Å². The number of nitrogens with zero attached hydrogens (tertiary/aromatic N) is 2. The average Bonchev–Trinajstić information content (AvgIpc) is 3.00. The van der Waals surface area contributed by atoms with Gasteiger partial charge in [0.2, 0.25) is 0 Å². The number of carbonyl (C=O) groups is 3. The van der Waals surface area contributed by atoms with Gasteiger partial charge in [0, 0.05) is 30.7 Å². The van der Waals surface area contributed by atoms with E-state index in [1.807, 2.05) is 17.0 Å². The maximum absolute atomic E-state index is 13.6. The van der Waals surface area contributed by atoms with Gasteiger partial charge >= 0.3 is 12.0 Å². The van der Waals surface area contributed by atoms with Crippen LogP contribution in [0.1, 0.15) is 89.6 Å². The Bertz CT molecular complexity index is 903. The molecule has 2 N–H and O–H groups in total. The predicted molar refractivity (Wildman–Crippen MR) is 133 cm³/mol. The first-order valence-electron chi connectivity index (χ1n) is 12.4. The average molecular weight is 472 g/mol. The van der Waals surface area contributed by atoms with Gasteiger partial charge in [-0.2, -0.15) is 0 Å². The number of carboxylic acid groups (broad SMARTS) is 1. The Balaban J connectivity index is 1.76. The predicted octanol–water partition coefficient (Wildman–Crippen LogP) is 4.90. The summed E-state index contributed by atoms with van der Waals surface area (Å²) in [5.41, 5.74) is 1.36. The number of urea groups is 1. The third kappa shape index (κ3) is 5.73. The largest absolute Gasteiger partial charge is 0.481 e. The van der Waals surface area contributed by atoms with Gasteiger partial charge in [0.05, 0.1) is 12.0 Å².